The molecule has 7 nitrogen and oxygen atoms in total. The van der Waals surface area contributed by atoms with Crippen molar-refractivity contribution in [3.05, 3.63) is 29.8 Å². The van der Waals surface area contributed by atoms with Gasteiger partial charge in [0.15, 0.2) is 5.96 Å². The summed E-state index contributed by atoms with van der Waals surface area (Å²) in [5.41, 5.74) is 0.377. The molecule has 1 heterocycles. The van der Waals surface area contributed by atoms with Crippen molar-refractivity contribution in [1.29, 1.82) is 0 Å². The summed E-state index contributed by atoms with van der Waals surface area (Å²) in [5.74, 6) is 1.66. The van der Waals surface area contributed by atoms with Gasteiger partial charge in [-0.05, 0) is 45.7 Å². The van der Waals surface area contributed by atoms with Gasteiger partial charge >= 0.3 is 0 Å². The maximum Gasteiger partial charge on any atom is 0.191 e. The highest BCUT2D eigenvalue weighted by Gasteiger charge is 2.25. The third kappa shape index (κ3) is 9.96. The van der Waals surface area contributed by atoms with Crippen molar-refractivity contribution in [2.75, 3.05) is 59.1 Å². The number of β-amino-alcohol motifs (C(OH)–C–C–N with tert-alkyl or cyclic N) is 1. The van der Waals surface area contributed by atoms with Crippen LogP contribution in [-0.4, -0.2) is 80.7 Å². The molecule has 1 aromatic rings. The second kappa shape index (κ2) is 12.7. The average molecular weight is 407 g/mol. The Balaban J connectivity index is 1.66. The van der Waals surface area contributed by atoms with Gasteiger partial charge in [-0.1, -0.05) is 17.7 Å². The summed E-state index contributed by atoms with van der Waals surface area (Å²) in [6.45, 7) is 12.4. The maximum absolute atomic E-state index is 10.7. The number of aliphatic hydroxyl groups is 1. The summed E-state index contributed by atoms with van der Waals surface area (Å²) in [7, 11) is 0. The van der Waals surface area contributed by atoms with Gasteiger partial charge in [-0.3, -0.25) is 9.89 Å². The van der Waals surface area contributed by atoms with Gasteiger partial charge in [0.1, 0.15) is 5.75 Å². The fraction of sp³-hybridized carbons (Fsp3) is 0.682. The highest BCUT2D eigenvalue weighted by molar-refractivity contribution is 5.79. The molecule has 0 radical (unpaired) electrons. The lowest BCUT2D eigenvalue weighted by atomic mass is 10.1. The minimum atomic E-state index is -0.860. The first kappa shape index (κ1) is 23.4. The molecular formula is C22H38N4O3. The van der Waals surface area contributed by atoms with Crippen LogP contribution in [-0.2, 0) is 4.74 Å². The van der Waals surface area contributed by atoms with E-state index < -0.39 is 5.60 Å². The van der Waals surface area contributed by atoms with Crippen LogP contribution in [0, 0.1) is 6.92 Å². The Morgan fingerprint density at radius 1 is 1.21 bits per heavy atom. The molecule has 0 spiro atoms. The molecular weight excluding hydrogens is 368 g/mol. The van der Waals surface area contributed by atoms with Crippen LogP contribution in [0.3, 0.4) is 0 Å². The van der Waals surface area contributed by atoms with Gasteiger partial charge in [-0.15, -0.1) is 0 Å². The Morgan fingerprint density at radius 2 is 1.93 bits per heavy atom. The summed E-state index contributed by atoms with van der Waals surface area (Å²) in [4.78, 5) is 6.81. The molecule has 0 aliphatic carbocycles. The Labute approximate surface area is 175 Å². The number of hydrogen-bond acceptors (Lipinski definition) is 5. The quantitative estimate of drug-likeness (QED) is 0.295. The van der Waals surface area contributed by atoms with E-state index in [0.29, 0.717) is 19.7 Å². The van der Waals surface area contributed by atoms with Crippen LogP contribution >= 0.6 is 0 Å². The second-order valence-electron chi connectivity index (χ2n) is 7.88. The topological polar surface area (TPSA) is 78.4 Å². The van der Waals surface area contributed by atoms with Crippen molar-refractivity contribution in [2.45, 2.75) is 39.2 Å². The summed E-state index contributed by atoms with van der Waals surface area (Å²) in [5, 5.41) is 17.3. The van der Waals surface area contributed by atoms with Crippen molar-refractivity contribution >= 4 is 5.96 Å². The minimum absolute atomic E-state index is 0.357. The number of guanidine groups is 1. The van der Waals surface area contributed by atoms with Gasteiger partial charge in [-0.2, -0.15) is 0 Å². The van der Waals surface area contributed by atoms with Gasteiger partial charge in [-0.25, -0.2) is 0 Å². The number of unbranched alkanes of at least 4 members (excludes halogenated alkanes) is 1. The van der Waals surface area contributed by atoms with Gasteiger partial charge < -0.3 is 25.2 Å². The number of aryl methyl sites for hydroxylation is 1. The van der Waals surface area contributed by atoms with Crippen LogP contribution in [0.15, 0.2) is 29.3 Å². The van der Waals surface area contributed by atoms with E-state index in [2.05, 4.69) is 39.6 Å². The van der Waals surface area contributed by atoms with E-state index in [1.807, 2.05) is 26.0 Å². The third-order valence-electron chi connectivity index (χ3n) is 4.74. The predicted molar refractivity (Wildman–Crippen MR) is 118 cm³/mol. The monoisotopic (exact) mass is 406 g/mol. The molecule has 1 aliphatic heterocycles. The molecule has 1 atom stereocenters. The van der Waals surface area contributed by atoms with Crippen LogP contribution in [0.25, 0.3) is 0 Å². The molecule has 1 unspecified atom stereocenters. The highest BCUT2D eigenvalue weighted by atomic mass is 16.5. The van der Waals surface area contributed by atoms with Crippen molar-refractivity contribution in [2.24, 2.45) is 4.99 Å². The van der Waals surface area contributed by atoms with Crippen molar-refractivity contribution in [3.63, 3.8) is 0 Å². The van der Waals surface area contributed by atoms with E-state index in [4.69, 9.17) is 9.47 Å². The molecule has 1 aromatic carbocycles. The Kier molecular flexibility index (Phi) is 10.2. The van der Waals surface area contributed by atoms with E-state index in [1.54, 1.807) is 0 Å². The van der Waals surface area contributed by atoms with Crippen molar-refractivity contribution < 1.29 is 14.6 Å². The third-order valence-corrected chi connectivity index (χ3v) is 4.74. The van der Waals surface area contributed by atoms with Crippen LogP contribution in [0.2, 0.25) is 0 Å². The highest BCUT2D eigenvalue weighted by Crippen LogP contribution is 2.12. The second-order valence-corrected chi connectivity index (χ2v) is 7.88. The van der Waals surface area contributed by atoms with Crippen LogP contribution in [0.1, 0.15) is 32.3 Å². The van der Waals surface area contributed by atoms with Gasteiger partial charge in [0, 0.05) is 32.7 Å². The number of ether oxygens (including phenoxy) is 2. The lowest BCUT2D eigenvalue weighted by Crippen LogP contribution is -2.48. The minimum Gasteiger partial charge on any atom is -0.494 e. The molecule has 164 valence electrons. The van der Waals surface area contributed by atoms with E-state index in [9.17, 15) is 5.11 Å². The van der Waals surface area contributed by atoms with E-state index >= 15 is 0 Å². The van der Waals surface area contributed by atoms with Gasteiger partial charge in [0.25, 0.3) is 0 Å². The molecule has 0 bridgehead atoms. The number of aliphatic imine (C=N–C) groups is 1. The van der Waals surface area contributed by atoms with Gasteiger partial charge in [0.05, 0.1) is 32.0 Å². The van der Waals surface area contributed by atoms with E-state index in [-0.39, 0.29) is 0 Å². The average Bonchev–Trinajstić information content (AvgIpc) is 2.70. The van der Waals surface area contributed by atoms with E-state index in [1.165, 1.54) is 5.56 Å². The van der Waals surface area contributed by atoms with Crippen molar-refractivity contribution in [3.8, 4) is 5.75 Å². The number of hydrogen-bond donors (Lipinski definition) is 3. The van der Waals surface area contributed by atoms with Crippen LogP contribution in [0.4, 0.5) is 0 Å². The molecule has 3 N–H and O–H groups in total. The summed E-state index contributed by atoms with van der Waals surface area (Å²) in [6, 6.07) is 8.13. The first-order chi connectivity index (χ1) is 14.0. The SMILES string of the molecule is CCNC(=NCC(C)(O)CN1CCOCC1)NCCCCOc1ccc(C)cc1. The number of benzene rings is 1. The Bertz CT molecular complexity index is 599. The number of morpholine rings is 1. The molecule has 0 amide bonds. The Hall–Kier alpha value is -1.83. The van der Waals surface area contributed by atoms with E-state index in [0.717, 1.165) is 63.9 Å². The molecule has 2 rings (SSSR count). The number of rotatable bonds is 11. The van der Waals surface area contributed by atoms with Gasteiger partial charge in [0.2, 0.25) is 0 Å². The molecule has 1 aliphatic rings. The zero-order valence-electron chi connectivity index (χ0n) is 18.2. The fourth-order valence-corrected chi connectivity index (χ4v) is 3.14. The summed E-state index contributed by atoms with van der Waals surface area (Å²) < 4.78 is 11.1. The fourth-order valence-electron chi connectivity index (χ4n) is 3.14. The molecule has 0 saturated carbocycles. The number of nitrogens with one attached hydrogen (secondary N) is 2. The maximum atomic E-state index is 10.7. The smallest absolute Gasteiger partial charge is 0.191 e. The lowest BCUT2D eigenvalue weighted by Gasteiger charge is -2.33. The van der Waals surface area contributed by atoms with Crippen molar-refractivity contribution in [1.82, 2.24) is 15.5 Å². The van der Waals surface area contributed by atoms with Crippen LogP contribution < -0.4 is 15.4 Å². The lowest BCUT2D eigenvalue weighted by molar-refractivity contribution is -0.0179. The largest absolute Gasteiger partial charge is 0.494 e. The predicted octanol–water partition coefficient (Wildman–Crippen LogP) is 1.79. The molecule has 1 fully saturated rings. The Morgan fingerprint density at radius 3 is 2.62 bits per heavy atom. The zero-order chi connectivity index (χ0) is 21.0. The molecule has 0 aromatic heterocycles. The summed E-state index contributed by atoms with van der Waals surface area (Å²) in [6.07, 6.45) is 1.95. The first-order valence-electron chi connectivity index (χ1n) is 10.7. The van der Waals surface area contributed by atoms with Crippen LogP contribution in [0.5, 0.6) is 5.75 Å². The zero-order valence-corrected chi connectivity index (χ0v) is 18.2. The summed E-state index contributed by atoms with van der Waals surface area (Å²) >= 11 is 0. The molecule has 29 heavy (non-hydrogen) atoms. The molecule has 7 heteroatoms. The number of nitrogens with zero attached hydrogens (tertiary/aromatic N) is 2. The molecule has 1 saturated heterocycles. The standard InChI is InChI=1S/C22H38N4O3/c1-4-23-21(25-17-22(3,27)18-26-12-15-28-16-13-26)24-11-5-6-14-29-20-9-7-19(2)8-10-20/h7-10,27H,4-6,11-18H2,1-3H3,(H2,23,24,25). The normalized spacial score (nSPS) is 17.6. The first-order valence-corrected chi connectivity index (χ1v) is 10.7.